The number of carbonyl (C=O) groups excluding carboxylic acids is 3. The SMILES string of the molecule is O=C(CN1C(=O)C2SC=CC2N(Cc2cc(=O)n3ccccc3n2)C1=O)NCc1ccccc1Cl. The van der Waals surface area contributed by atoms with Crippen molar-refractivity contribution >= 4 is 46.9 Å². The van der Waals surface area contributed by atoms with Gasteiger partial charge in [-0.15, -0.1) is 11.8 Å². The molecule has 2 unspecified atom stereocenters. The Morgan fingerprint density at radius 3 is 2.74 bits per heavy atom. The minimum atomic E-state index is -0.605. The number of carbonyl (C=O) groups is 3. The third kappa shape index (κ3) is 4.54. The molecule has 35 heavy (non-hydrogen) atoms. The van der Waals surface area contributed by atoms with Crippen LogP contribution in [0.15, 0.2) is 71.0 Å². The maximum absolute atomic E-state index is 13.4. The van der Waals surface area contributed by atoms with Gasteiger partial charge >= 0.3 is 6.03 Å². The Morgan fingerprint density at radius 1 is 1.11 bits per heavy atom. The topological polar surface area (TPSA) is 104 Å². The predicted molar refractivity (Wildman–Crippen MR) is 132 cm³/mol. The molecule has 9 nitrogen and oxygen atoms in total. The van der Waals surface area contributed by atoms with Crippen LogP contribution in [0.3, 0.4) is 0 Å². The summed E-state index contributed by atoms with van der Waals surface area (Å²) in [6.45, 7) is -0.224. The second kappa shape index (κ2) is 9.55. The summed E-state index contributed by atoms with van der Waals surface area (Å²) in [5.74, 6) is -0.909. The number of urea groups is 1. The smallest absolute Gasteiger partial charge is 0.328 e. The van der Waals surface area contributed by atoms with Crippen molar-refractivity contribution < 1.29 is 14.4 Å². The van der Waals surface area contributed by atoms with Crippen LogP contribution in [0.4, 0.5) is 4.79 Å². The van der Waals surface area contributed by atoms with E-state index in [9.17, 15) is 19.2 Å². The second-order valence-electron chi connectivity index (χ2n) is 8.09. The van der Waals surface area contributed by atoms with E-state index in [1.807, 2.05) is 0 Å². The number of imide groups is 1. The van der Waals surface area contributed by atoms with Crippen molar-refractivity contribution in [2.75, 3.05) is 6.54 Å². The van der Waals surface area contributed by atoms with Crippen molar-refractivity contribution in [2.45, 2.75) is 24.4 Å². The summed E-state index contributed by atoms with van der Waals surface area (Å²) < 4.78 is 1.41. The van der Waals surface area contributed by atoms with Crippen molar-refractivity contribution in [1.29, 1.82) is 0 Å². The summed E-state index contributed by atoms with van der Waals surface area (Å²) in [5, 5.41) is 4.44. The lowest BCUT2D eigenvalue weighted by molar-refractivity contribution is -0.135. The number of halogens is 1. The number of aromatic nitrogens is 2. The number of fused-ring (bicyclic) bond motifs is 2. The van der Waals surface area contributed by atoms with Gasteiger partial charge in [-0.2, -0.15) is 0 Å². The van der Waals surface area contributed by atoms with Gasteiger partial charge in [0.05, 0.1) is 18.3 Å². The molecule has 2 atom stereocenters. The maximum Gasteiger partial charge on any atom is 0.328 e. The molecule has 3 aromatic rings. The number of rotatable bonds is 6. The van der Waals surface area contributed by atoms with E-state index >= 15 is 0 Å². The third-order valence-corrected chi connectivity index (χ3v) is 7.31. The van der Waals surface area contributed by atoms with E-state index < -0.39 is 35.7 Å². The van der Waals surface area contributed by atoms with Crippen LogP contribution in [0.2, 0.25) is 5.02 Å². The van der Waals surface area contributed by atoms with Crippen molar-refractivity contribution in [3.8, 4) is 0 Å². The molecule has 0 aliphatic carbocycles. The molecule has 2 aromatic heterocycles. The number of hydrogen-bond donors (Lipinski definition) is 1. The number of hydrogen-bond acceptors (Lipinski definition) is 6. The molecule has 0 spiro atoms. The Hall–Kier alpha value is -3.63. The minimum Gasteiger partial charge on any atom is -0.350 e. The highest BCUT2D eigenvalue weighted by Crippen LogP contribution is 2.35. The molecule has 0 radical (unpaired) electrons. The highest BCUT2D eigenvalue weighted by atomic mass is 35.5. The van der Waals surface area contributed by atoms with Gasteiger partial charge in [0.1, 0.15) is 17.4 Å². The van der Waals surface area contributed by atoms with E-state index in [2.05, 4.69) is 10.3 Å². The summed E-state index contributed by atoms with van der Waals surface area (Å²) in [6.07, 6.45) is 3.41. The van der Waals surface area contributed by atoms with Gasteiger partial charge in [-0.25, -0.2) is 9.78 Å². The molecule has 5 rings (SSSR count). The second-order valence-corrected chi connectivity index (χ2v) is 9.55. The number of benzene rings is 1. The monoisotopic (exact) mass is 509 g/mol. The number of nitrogens with one attached hydrogen (secondary N) is 1. The molecule has 4 amide bonds. The Balaban J connectivity index is 1.35. The zero-order valence-electron chi connectivity index (χ0n) is 18.3. The molecule has 1 fully saturated rings. The fraction of sp³-hybridized carbons (Fsp3) is 0.208. The van der Waals surface area contributed by atoms with Crippen LogP contribution in [0, 0.1) is 0 Å². The molecule has 2 aliphatic heterocycles. The lowest BCUT2D eigenvalue weighted by Gasteiger charge is -2.40. The van der Waals surface area contributed by atoms with Gasteiger partial charge in [-0.3, -0.25) is 23.7 Å². The van der Waals surface area contributed by atoms with E-state index in [-0.39, 0.29) is 18.6 Å². The molecule has 1 saturated heterocycles. The predicted octanol–water partition coefficient (Wildman–Crippen LogP) is 2.43. The van der Waals surface area contributed by atoms with E-state index in [4.69, 9.17) is 11.6 Å². The van der Waals surface area contributed by atoms with Crippen molar-refractivity contribution in [3.05, 3.63) is 92.8 Å². The van der Waals surface area contributed by atoms with Gasteiger partial charge in [-0.05, 0) is 29.2 Å². The van der Waals surface area contributed by atoms with Crippen molar-refractivity contribution in [3.63, 3.8) is 0 Å². The van der Waals surface area contributed by atoms with Crippen LogP contribution in [-0.2, 0) is 22.7 Å². The Bertz CT molecular complexity index is 1420. The van der Waals surface area contributed by atoms with Crippen LogP contribution < -0.4 is 10.9 Å². The zero-order valence-corrected chi connectivity index (χ0v) is 19.9. The van der Waals surface area contributed by atoms with Crippen LogP contribution in [0.25, 0.3) is 5.65 Å². The molecule has 1 aromatic carbocycles. The van der Waals surface area contributed by atoms with Gasteiger partial charge < -0.3 is 10.2 Å². The van der Waals surface area contributed by atoms with E-state index in [0.29, 0.717) is 16.4 Å². The van der Waals surface area contributed by atoms with Gasteiger partial charge in [0.15, 0.2) is 0 Å². The number of amides is 4. The molecule has 0 bridgehead atoms. The van der Waals surface area contributed by atoms with Gasteiger partial charge in [0, 0.05) is 23.8 Å². The zero-order chi connectivity index (χ0) is 24.5. The summed E-state index contributed by atoms with van der Waals surface area (Å²) in [5.41, 5.74) is 1.31. The quantitative estimate of drug-likeness (QED) is 0.547. The van der Waals surface area contributed by atoms with Gasteiger partial charge in [0.25, 0.3) is 5.56 Å². The normalized spacial score (nSPS) is 19.3. The van der Waals surface area contributed by atoms with Crippen LogP contribution in [0.5, 0.6) is 0 Å². The summed E-state index contributed by atoms with van der Waals surface area (Å²) >= 11 is 7.43. The van der Waals surface area contributed by atoms with Crippen molar-refractivity contribution in [1.82, 2.24) is 24.5 Å². The number of nitrogens with zero attached hydrogens (tertiary/aromatic N) is 4. The minimum absolute atomic E-state index is 0.0244. The first-order chi connectivity index (χ1) is 16.9. The first-order valence-corrected chi connectivity index (χ1v) is 12.2. The Morgan fingerprint density at radius 2 is 1.91 bits per heavy atom. The first kappa shape index (κ1) is 23.1. The molecule has 178 valence electrons. The third-order valence-electron chi connectivity index (χ3n) is 5.85. The lowest BCUT2D eigenvalue weighted by Crippen LogP contribution is -2.62. The highest BCUT2D eigenvalue weighted by molar-refractivity contribution is 8.03. The Kier molecular flexibility index (Phi) is 6.31. The summed E-state index contributed by atoms with van der Waals surface area (Å²) in [4.78, 5) is 58.5. The van der Waals surface area contributed by atoms with Crippen LogP contribution in [-0.4, -0.2) is 54.9 Å². The molecular weight excluding hydrogens is 490 g/mol. The Labute approximate surface area is 209 Å². The molecule has 0 saturated carbocycles. The van der Waals surface area contributed by atoms with Crippen LogP contribution >= 0.6 is 23.4 Å². The van der Waals surface area contributed by atoms with Gasteiger partial charge in [0.2, 0.25) is 11.8 Å². The first-order valence-electron chi connectivity index (χ1n) is 10.8. The van der Waals surface area contributed by atoms with E-state index in [1.165, 1.54) is 27.1 Å². The fourth-order valence-electron chi connectivity index (χ4n) is 4.11. The van der Waals surface area contributed by atoms with Gasteiger partial charge in [-0.1, -0.05) is 41.9 Å². The molecule has 11 heteroatoms. The van der Waals surface area contributed by atoms with E-state index in [0.717, 1.165) is 10.5 Å². The standard InChI is InChI=1S/C24H20ClN5O4S/c25-17-6-2-1-5-15(17)12-26-20(31)14-30-23(33)22-18(8-10-35-22)29(24(30)34)13-16-11-21(32)28-9-4-3-7-19(28)27-16/h1-11,18,22H,12-14H2,(H,26,31). The fourth-order valence-corrected chi connectivity index (χ4v) is 5.37. The lowest BCUT2D eigenvalue weighted by atomic mass is 10.1. The molecular formula is C24H20ClN5O4S. The molecule has 1 N–H and O–H groups in total. The average Bonchev–Trinajstić information content (AvgIpc) is 3.34. The summed E-state index contributed by atoms with van der Waals surface area (Å²) in [6, 6.07) is 12.6. The van der Waals surface area contributed by atoms with Crippen molar-refractivity contribution in [2.24, 2.45) is 0 Å². The van der Waals surface area contributed by atoms with E-state index in [1.54, 1.807) is 60.1 Å². The number of pyridine rings is 1. The number of thioether (sulfide) groups is 1. The largest absolute Gasteiger partial charge is 0.350 e. The maximum atomic E-state index is 13.4. The molecule has 4 heterocycles. The van der Waals surface area contributed by atoms with Crippen LogP contribution in [0.1, 0.15) is 11.3 Å². The average molecular weight is 510 g/mol. The highest BCUT2D eigenvalue weighted by Gasteiger charge is 2.47. The molecule has 2 aliphatic rings. The summed E-state index contributed by atoms with van der Waals surface area (Å²) in [7, 11) is 0.